The molecule has 0 saturated carbocycles. The molecule has 1 N–H and O–H groups in total. The second-order valence-corrected chi connectivity index (χ2v) is 7.56. The first-order valence-corrected chi connectivity index (χ1v) is 10.2. The molecule has 2 amide bonds. The number of carbonyl (C=O) groups is 1. The zero-order chi connectivity index (χ0) is 20.2. The Labute approximate surface area is 175 Å². The van der Waals surface area contributed by atoms with E-state index in [9.17, 15) is 4.79 Å². The lowest BCUT2D eigenvalue weighted by Crippen LogP contribution is -2.50. The minimum absolute atomic E-state index is 0.134. The van der Waals surface area contributed by atoms with Gasteiger partial charge in [0.25, 0.3) is 0 Å². The maximum Gasteiger partial charge on any atom is 0.322 e. The molecule has 8 nitrogen and oxygen atoms in total. The van der Waals surface area contributed by atoms with Gasteiger partial charge in [-0.25, -0.2) is 9.78 Å². The first-order chi connectivity index (χ1) is 14.1. The summed E-state index contributed by atoms with van der Waals surface area (Å²) in [4.78, 5) is 28.1. The Morgan fingerprint density at radius 1 is 1.03 bits per heavy atom. The number of urea groups is 1. The third-order valence-electron chi connectivity index (χ3n) is 5.13. The molecule has 0 spiro atoms. The van der Waals surface area contributed by atoms with Crippen LogP contribution in [-0.4, -0.2) is 73.4 Å². The second kappa shape index (κ2) is 8.84. The van der Waals surface area contributed by atoms with Crippen molar-refractivity contribution in [1.82, 2.24) is 14.9 Å². The third kappa shape index (κ3) is 4.71. The molecule has 2 aliphatic rings. The summed E-state index contributed by atoms with van der Waals surface area (Å²) in [6.07, 6.45) is 0. The minimum Gasteiger partial charge on any atom is -0.378 e. The van der Waals surface area contributed by atoms with E-state index in [0.29, 0.717) is 37.0 Å². The van der Waals surface area contributed by atoms with Crippen molar-refractivity contribution in [2.45, 2.75) is 6.92 Å². The zero-order valence-corrected chi connectivity index (χ0v) is 17.2. The fraction of sp³-hybridized carbons (Fsp3) is 0.450. The summed E-state index contributed by atoms with van der Waals surface area (Å²) in [6, 6.07) is 9.12. The van der Waals surface area contributed by atoms with Crippen LogP contribution in [0.25, 0.3) is 0 Å². The molecule has 2 saturated heterocycles. The van der Waals surface area contributed by atoms with Gasteiger partial charge in [0.1, 0.15) is 5.82 Å². The Morgan fingerprint density at radius 3 is 2.48 bits per heavy atom. The van der Waals surface area contributed by atoms with Crippen LogP contribution in [0.15, 0.2) is 30.3 Å². The molecule has 2 aliphatic heterocycles. The number of nitrogens with zero attached hydrogens (tertiary/aromatic N) is 5. The van der Waals surface area contributed by atoms with E-state index in [-0.39, 0.29) is 6.03 Å². The molecule has 0 atom stereocenters. The SMILES string of the molecule is Cc1cc(N2CCN(C(=O)Nc3ccccc3Cl)CC2)nc(N2CCOCC2)n1. The van der Waals surface area contributed by atoms with Gasteiger partial charge in [0, 0.05) is 51.0 Å². The van der Waals surface area contributed by atoms with Crippen molar-refractivity contribution in [2.75, 3.05) is 67.6 Å². The number of para-hydroxylation sites is 1. The molecule has 1 aromatic heterocycles. The van der Waals surface area contributed by atoms with Crippen LogP contribution < -0.4 is 15.1 Å². The average Bonchev–Trinajstić information content (AvgIpc) is 2.75. The summed E-state index contributed by atoms with van der Waals surface area (Å²) in [7, 11) is 0. The summed E-state index contributed by atoms with van der Waals surface area (Å²) in [5.74, 6) is 1.66. The van der Waals surface area contributed by atoms with Gasteiger partial charge in [0.15, 0.2) is 0 Å². The molecule has 29 heavy (non-hydrogen) atoms. The number of morpholine rings is 1. The van der Waals surface area contributed by atoms with Crippen molar-refractivity contribution >= 4 is 35.1 Å². The van der Waals surface area contributed by atoms with Crippen molar-refractivity contribution in [3.63, 3.8) is 0 Å². The van der Waals surface area contributed by atoms with Crippen LogP contribution in [0.4, 0.5) is 22.2 Å². The summed E-state index contributed by atoms with van der Waals surface area (Å²) in [6.45, 7) is 7.67. The number of nitrogens with one attached hydrogen (secondary N) is 1. The Hall–Kier alpha value is -2.58. The first kappa shape index (κ1) is 19.7. The predicted octanol–water partition coefficient (Wildman–Crippen LogP) is 2.63. The van der Waals surface area contributed by atoms with E-state index >= 15 is 0 Å². The minimum atomic E-state index is -0.134. The highest BCUT2D eigenvalue weighted by Crippen LogP contribution is 2.22. The third-order valence-corrected chi connectivity index (χ3v) is 5.46. The van der Waals surface area contributed by atoms with Gasteiger partial charge in [-0.05, 0) is 19.1 Å². The fourth-order valence-corrected chi connectivity index (χ4v) is 3.68. The number of rotatable bonds is 3. The number of hydrogen-bond donors (Lipinski definition) is 1. The van der Waals surface area contributed by atoms with Gasteiger partial charge in [-0.15, -0.1) is 0 Å². The summed E-state index contributed by atoms with van der Waals surface area (Å²) < 4.78 is 5.42. The normalized spacial score (nSPS) is 17.4. The van der Waals surface area contributed by atoms with Gasteiger partial charge in [0.2, 0.25) is 5.95 Å². The molecular formula is C20H25ClN6O2. The molecular weight excluding hydrogens is 392 g/mol. The van der Waals surface area contributed by atoms with Gasteiger partial charge >= 0.3 is 6.03 Å². The molecule has 9 heteroatoms. The van der Waals surface area contributed by atoms with Gasteiger partial charge in [-0.2, -0.15) is 4.98 Å². The average molecular weight is 417 g/mol. The number of hydrogen-bond acceptors (Lipinski definition) is 6. The lowest BCUT2D eigenvalue weighted by atomic mass is 10.3. The molecule has 2 aromatic rings. The number of carbonyl (C=O) groups excluding carboxylic acids is 1. The van der Waals surface area contributed by atoms with Crippen molar-refractivity contribution in [1.29, 1.82) is 0 Å². The highest BCUT2D eigenvalue weighted by atomic mass is 35.5. The van der Waals surface area contributed by atoms with Crippen LogP contribution in [-0.2, 0) is 4.74 Å². The van der Waals surface area contributed by atoms with Crippen molar-refractivity contribution in [2.24, 2.45) is 0 Å². The standard InChI is InChI=1S/C20H25ClN6O2/c1-15-14-18(24-19(22-15)26-10-12-29-13-11-26)25-6-8-27(9-7-25)20(28)23-17-5-3-2-4-16(17)21/h2-5,14H,6-13H2,1H3,(H,23,28). The van der Waals surface area contributed by atoms with E-state index in [1.807, 2.05) is 25.1 Å². The quantitative estimate of drug-likeness (QED) is 0.829. The number of amides is 2. The number of ether oxygens (including phenoxy) is 1. The molecule has 0 bridgehead atoms. The Kier molecular flexibility index (Phi) is 6.01. The Balaban J connectivity index is 1.38. The van der Waals surface area contributed by atoms with Crippen molar-refractivity contribution in [3.8, 4) is 0 Å². The summed E-state index contributed by atoms with van der Waals surface area (Å²) in [5, 5.41) is 3.42. The lowest BCUT2D eigenvalue weighted by molar-refractivity contribution is 0.122. The molecule has 1 aromatic carbocycles. The molecule has 2 fully saturated rings. The largest absolute Gasteiger partial charge is 0.378 e. The van der Waals surface area contributed by atoms with Crippen LogP contribution in [0.1, 0.15) is 5.69 Å². The lowest BCUT2D eigenvalue weighted by Gasteiger charge is -2.36. The molecule has 0 unspecified atom stereocenters. The summed E-state index contributed by atoms with van der Waals surface area (Å²) >= 11 is 6.14. The smallest absolute Gasteiger partial charge is 0.322 e. The number of aromatic nitrogens is 2. The van der Waals surface area contributed by atoms with E-state index in [1.54, 1.807) is 17.0 Å². The van der Waals surface area contributed by atoms with Gasteiger partial charge < -0.3 is 24.8 Å². The molecule has 3 heterocycles. The second-order valence-electron chi connectivity index (χ2n) is 7.15. The van der Waals surface area contributed by atoms with E-state index < -0.39 is 0 Å². The summed E-state index contributed by atoms with van der Waals surface area (Å²) in [5.41, 5.74) is 1.57. The van der Waals surface area contributed by atoms with Crippen LogP contribution >= 0.6 is 11.6 Å². The number of anilines is 3. The maximum atomic E-state index is 12.6. The number of halogens is 1. The molecule has 4 rings (SSSR count). The Morgan fingerprint density at radius 2 is 1.76 bits per heavy atom. The number of benzene rings is 1. The fourth-order valence-electron chi connectivity index (χ4n) is 3.50. The Bertz CT molecular complexity index is 866. The number of aryl methyl sites for hydroxylation is 1. The van der Waals surface area contributed by atoms with Crippen LogP contribution in [0.5, 0.6) is 0 Å². The van der Waals surface area contributed by atoms with E-state index in [4.69, 9.17) is 21.3 Å². The van der Waals surface area contributed by atoms with Gasteiger partial charge in [-0.1, -0.05) is 23.7 Å². The monoisotopic (exact) mass is 416 g/mol. The van der Waals surface area contributed by atoms with Crippen LogP contribution in [0.3, 0.4) is 0 Å². The maximum absolute atomic E-state index is 12.6. The van der Waals surface area contributed by atoms with Gasteiger partial charge in [-0.3, -0.25) is 0 Å². The van der Waals surface area contributed by atoms with E-state index in [2.05, 4.69) is 20.1 Å². The van der Waals surface area contributed by atoms with Crippen LogP contribution in [0, 0.1) is 6.92 Å². The predicted molar refractivity (Wildman–Crippen MR) is 114 cm³/mol. The topological polar surface area (TPSA) is 73.8 Å². The van der Waals surface area contributed by atoms with Crippen molar-refractivity contribution < 1.29 is 9.53 Å². The molecule has 0 aliphatic carbocycles. The molecule has 0 radical (unpaired) electrons. The van der Waals surface area contributed by atoms with E-state index in [0.717, 1.165) is 43.6 Å². The van der Waals surface area contributed by atoms with Crippen LogP contribution in [0.2, 0.25) is 5.02 Å². The first-order valence-electron chi connectivity index (χ1n) is 9.84. The highest BCUT2D eigenvalue weighted by molar-refractivity contribution is 6.33. The molecule has 154 valence electrons. The zero-order valence-electron chi connectivity index (χ0n) is 16.5. The highest BCUT2D eigenvalue weighted by Gasteiger charge is 2.24. The van der Waals surface area contributed by atoms with E-state index in [1.165, 1.54) is 0 Å². The number of piperazine rings is 1. The van der Waals surface area contributed by atoms with Gasteiger partial charge in [0.05, 0.1) is 23.9 Å². The van der Waals surface area contributed by atoms with Crippen molar-refractivity contribution in [3.05, 3.63) is 41.0 Å².